The molecule has 0 aromatic heterocycles. The Labute approximate surface area is 50.5 Å². The Morgan fingerprint density at radius 2 is 1.88 bits per heavy atom. The lowest BCUT2D eigenvalue weighted by molar-refractivity contribution is 0.212. The first kappa shape index (κ1) is 7.47. The zero-order valence-corrected chi connectivity index (χ0v) is 5.93. The zero-order chi connectivity index (χ0) is 6.62. The number of rotatable bonds is 1. The molecule has 0 saturated carbocycles. The summed E-state index contributed by atoms with van der Waals surface area (Å²) in [4.78, 5) is 4.49. The van der Waals surface area contributed by atoms with Crippen LogP contribution in [0.15, 0.2) is 5.16 Å². The van der Waals surface area contributed by atoms with Gasteiger partial charge in [0.2, 0.25) is 0 Å². The first-order chi connectivity index (χ1) is 3.56. The smallest absolute Gasteiger partial charge is 0.106 e. The molecule has 0 N–H and O–H groups in total. The summed E-state index contributed by atoms with van der Waals surface area (Å²) in [6.45, 7) is 6.20. The molecular formula is C6H13NO. The molecule has 48 valence electrons. The van der Waals surface area contributed by atoms with Crippen molar-refractivity contribution in [1.29, 1.82) is 0 Å². The minimum absolute atomic E-state index is 0.135. The standard InChI is InChI=1S/C6H13NO/c1-6(2,3)5-7-8-4/h5H,1-4H3/b7-5+. The minimum atomic E-state index is 0.135. The summed E-state index contributed by atoms with van der Waals surface area (Å²) in [5.41, 5.74) is 0.135. The molecule has 0 aliphatic heterocycles. The van der Waals surface area contributed by atoms with Gasteiger partial charge in [0.05, 0.1) is 0 Å². The van der Waals surface area contributed by atoms with Gasteiger partial charge in [-0.1, -0.05) is 25.9 Å². The largest absolute Gasteiger partial charge is 0.399 e. The van der Waals surface area contributed by atoms with E-state index in [1.807, 2.05) is 0 Å². The van der Waals surface area contributed by atoms with Crippen LogP contribution in [0.4, 0.5) is 0 Å². The van der Waals surface area contributed by atoms with E-state index in [-0.39, 0.29) is 5.41 Å². The first-order valence-electron chi connectivity index (χ1n) is 2.64. The van der Waals surface area contributed by atoms with Crippen LogP contribution in [-0.2, 0) is 4.84 Å². The summed E-state index contributed by atoms with van der Waals surface area (Å²) in [5.74, 6) is 0. The van der Waals surface area contributed by atoms with Crippen LogP contribution in [-0.4, -0.2) is 13.3 Å². The molecule has 0 saturated heterocycles. The van der Waals surface area contributed by atoms with Crippen LogP contribution in [0, 0.1) is 5.41 Å². The van der Waals surface area contributed by atoms with Crippen molar-refractivity contribution in [2.45, 2.75) is 20.8 Å². The second kappa shape index (κ2) is 2.70. The zero-order valence-electron chi connectivity index (χ0n) is 5.93. The predicted octanol–water partition coefficient (Wildman–Crippen LogP) is 1.66. The SMILES string of the molecule is CO/N=C/C(C)(C)C. The molecule has 2 heteroatoms. The van der Waals surface area contributed by atoms with Gasteiger partial charge in [-0.2, -0.15) is 0 Å². The fourth-order valence-corrected chi connectivity index (χ4v) is 0.211. The summed E-state index contributed by atoms with van der Waals surface area (Å²) in [6.07, 6.45) is 1.77. The van der Waals surface area contributed by atoms with Gasteiger partial charge in [-0.05, 0) is 0 Å². The topological polar surface area (TPSA) is 21.6 Å². The van der Waals surface area contributed by atoms with Crippen molar-refractivity contribution >= 4 is 6.21 Å². The van der Waals surface area contributed by atoms with Gasteiger partial charge in [-0.25, -0.2) is 0 Å². The van der Waals surface area contributed by atoms with Gasteiger partial charge in [0.1, 0.15) is 7.11 Å². The molecule has 2 nitrogen and oxygen atoms in total. The lowest BCUT2D eigenvalue weighted by Crippen LogP contribution is -2.05. The summed E-state index contributed by atoms with van der Waals surface area (Å²) in [6, 6.07) is 0. The van der Waals surface area contributed by atoms with Crippen LogP contribution >= 0.6 is 0 Å². The lowest BCUT2D eigenvalue weighted by Gasteiger charge is -2.07. The van der Waals surface area contributed by atoms with Crippen molar-refractivity contribution in [3.8, 4) is 0 Å². The summed E-state index contributed by atoms with van der Waals surface area (Å²) < 4.78 is 0. The van der Waals surface area contributed by atoms with E-state index in [1.165, 1.54) is 0 Å². The van der Waals surface area contributed by atoms with Crippen molar-refractivity contribution in [2.75, 3.05) is 7.11 Å². The fraction of sp³-hybridized carbons (Fsp3) is 0.833. The van der Waals surface area contributed by atoms with Gasteiger partial charge in [0, 0.05) is 11.6 Å². The van der Waals surface area contributed by atoms with Crippen molar-refractivity contribution in [1.82, 2.24) is 0 Å². The summed E-state index contributed by atoms with van der Waals surface area (Å²) in [5, 5.41) is 3.62. The molecule has 0 spiro atoms. The number of hydrogen-bond acceptors (Lipinski definition) is 2. The van der Waals surface area contributed by atoms with Gasteiger partial charge in [-0.15, -0.1) is 0 Å². The van der Waals surface area contributed by atoms with Crippen LogP contribution in [0.25, 0.3) is 0 Å². The van der Waals surface area contributed by atoms with Crippen LogP contribution in [0.3, 0.4) is 0 Å². The van der Waals surface area contributed by atoms with Crippen molar-refractivity contribution in [2.24, 2.45) is 10.6 Å². The van der Waals surface area contributed by atoms with E-state index < -0.39 is 0 Å². The lowest BCUT2D eigenvalue weighted by atomic mass is 10.00. The van der Waals surface area contributed by atoms with Crippen LogP contribution in [0.5, 0.6) is 0 Å². The van der Waals surface area contributed by atoms with Crippen molar-refractivity contribution in [3.05, 3.63) is 0 Å². The van der Waals surface area contributed by atoms with Crippen LogP contribution in [0.2, 0.25) is 0 Å². The second-order valence-corrected chi connectivity index (χ2v) is 2.78. The molecule has 0 rings (SSSR count). The van der Waals surface area contributed by atoms with Crippen molar-refractivity contribution < 1.29 is 4.84 Å². The molecule has 0 bridgehead atoms. The first-order valence-corrected chi connectivity index (χ1v) is 2.64. The highest BCUT2D eigenvalue weighted by atomic mass is 16.6. The van der Waals surface area contributed by atoms with E-state index in [9.17, 15) is 0 Å². The molecule has 0 atom stereocenters. The number of hydrogen-bond donors (Lipinski definition) is 0. The molecule has 0 aliphatic carbocycles. The van der Waals surface area contributed by atoms with Crippen LogP contribution in [0.1, 0.15) is 20.8 Å². The molecular weight excluding hydrogens is 102 g/mol. The molecule has 0 aromatic rings. The molecule has 0 heterocycles. The highest BCUT2D eigenvalue weighted by molar-refractivity contribution is 5.63. The Hall–Kier alpha value is -0.530. The van der Waals surface area contributed by atoms with E-state index >= 15 is 0 Å². The maximum Gasteiger partial charge on any atom is 0.106 e. The molecule has 0 aliphatic rings. The third kappa shape index (κ3) is 5.47. The Kier molecular flexibility index (Phi) is 2.52. The van der Waals surface area contributed by atoms with Gasteiger partial charge < -0.3 is 4.84 Å². The van der Waals surface area contributed by atoms with Gasteiger partial charge >= 0.3 is 0 Å². The Morgan fingerprint density at radius 3 is 2.00 bits per heavy atom. The Morgan fingerprint density at radius 1 is 1.38 bits per heavy atom. The molecule has 0 unspecified atom stereocenters. The average Bonchev–Trinajstić information content (AvgIpc) is 1.59. The molecule has 0 aromatic carbocycles. The fourth-order valence-electron chi connectivity index (χ4n) is 0.211. The average molecular weight is 115 g/mol. The molecule has 0 radical (unpaired) electrons. The van der Waals surface area contributed by atoms with E-state index in [0.29, 0.717) is 0 Å². The monoisotopic (exact) mass is 115 g/mol. The van der Waals surface area contributed by atoms with Crippen molar-refractivity contribution in [3.63, 3.8) is 0 Å². The molecule has 0 amide bonds. The third-order valence-corrected chi connectivity index (χ3v) is 0.545. The normalized spacial score (nSPS) is 12.5. The van der Waals surface area contributed by atoms with Gasteiger partial charge in [0.25, 0.3) is 0 Å². The quantitative estimate of drug-likeness (QED) is 0.376. The molecule has 8 heavy (non-hydrogen) atoms. The summed E-state index contributed by atoms with van der Waals surface area (Å²) in [7, 11) is 1.54. The van der Waals surface area contributed by atoms with E-state index in [0.717, 1.165) is 0 Å². The number of nitrogens with zero attached hydrogens (tertiary/aromatic N) is 1. The van der Waals surface area contributed by atoms with E-state index in [2.05, 4.69) is 30.8 Å². The van der Waals surface area contributed by atoms with Gasteiger partial charge in [-0.3, -0.25) is 0 Å². The van der Waals surface area contributed by atoms with E-state index in [1.54, 1.807) is 13.3 Å². The molecule has 0 fully saturated rings. The maximum absolute atomic E-state index is 4.49. The maximum atomic E-state index is 4.49. The van der Waals surface area contributed by atoms with Gasteiger partial charge in [0.15, 0.2) is 0 Å². The highest BCUT2D eigenvalue weighted by Crippen LogP contribution is 2.07. The Bertz CT molecular complexity index is 81.0. The summed E-state index contributed by atoms with van der Waals surface area (Å²) >= 11 is 0. The van der Waals surface area contributed by atoms with Crippen LogP contribution < -0.4 is 0 Å². The third-order valence-electron chi connectivity index (χ3n) is 0.545. The van der Waals surface area contributed by atoms with E-state index in [4.69, 9.17) is 0 Å². The Balaban J connectivity index is 3.52. The predicted molar refractivity (Wildman–Crippen MR) is 35.0 cm³/mol. The minimum Gasteiger partial charge on any atom is -0.399 e. The second-order valence-electron chi connectivity index (χ2n) is 2.78. The number of oxime groups is 1. The highest BCUT2D eigenvalue weighted by Gasteiger charge is 2.04.